The lowest BCUT2D eigenvalue weighted by Crippen LogP contribution is -2.24. The van der Waals surface area contributed by atoms with E-state index in [9.17, 15) is 0 Å². The maximum Gasteiger partial charge on any atom is 0.119 e. The van der Waals surface area contributed by atoms with Crippen molar-refractivity contribution in [3.63, 3.8) is 0 Å². The van der Waals surface area contributed by atoms with Gasteiger partial charge in [0.2, 0.25) is 0 Å². The summed E-state index contributed by atoms with van der Waals surface area (Å²) in [5.74, 6) is 0.945. The summed E-state index contributed by atoms with van der Waals surface area (Å²) in [4.78, 5) is 0. The molecule has 0 saturated heterocycles. The fourth-order valence-electron chi connectivity index (χ4n) is 1.58. The van der Waals surface area contributed by atoms with E-state index in [1.54, 1.807) is 0 Å². The average molecular weight is 192 g/mol. The molecule has 1 aliphatic carbocycles. The van der Waals surface area contributed by atoms with Crippen LogP contribution in [-0.4, -0.2) is 17.8 Å². The van der Waals surface area contributed by atoms with Crippen LogP contribution in [0.2, 0.25) is 0 Å². The number of rotatable bonds is 4. The molecule has 0 amide bonds. The molecule has 1 aromatic rings. The molecular weight excluding hydrogens is 176 g/mol. The summed E-state index contributed by atoms with van der Waals surface area (Å²) >= 11 is 0. The van der Waals surface area contributed by atoms with Crippen molar-refractivity contribution in [1.29, 1.82) is 0 Å². The Bertz CT molecular complexity index is 292. The van der Waals surface area contributed by atoms with Crippen LogP contribution in [0.25, 0.3) is 0 Å². The van der Waals surface area contributed by atoms with Crippen molar-refractivity contribution in [2.75, 3.05) is 6.61 Å². The zero-order valence-electron chi connectivity index (χ0n) is 8.28. The van der Waals surface area contributed by atoms with Crippen LogP contribution in [0.3, 0.4) is 0 Å². The van der Waals surface area contributed by atoms with Crippen molar-refractivity contribution in [3.05, 3.63) is 29.8 Å². The van der Waals surface area contributed by atoms with Gasteiger partial charge in [-0.2, -0.15) is 0 Å². The summed E-state index contributed by atoms with van der Waals surface area (Å²) in [5, 5.41) is 8.81. The van der Waals surface area contributed by atoms with Gasteiger partial charge >= 0.3 is 0 Å². The third kappa shape index (κ3) is 2.26. The number of hydrogen-bond acceptors (Lipinski definition) is 2. The second-order valence-corrected chi connectivity index (χ2v) is 3.79. The van der Waals surface area contributed by atoms with Gasteiger partial charge in [-0.15, -0.1) is 0 Å². The van der Waals surface area contributed by atoms with E-state index in [-0.39, 0.29) is 6.61 Å². The van der Waals surface area contributed by atoms with Gasteiger partial charge in [-0.3, -0.25) is 0 Å². The molecule has 0 radical (unpaired) electrons. The van der Waals surface area contributed by atoms with Gasteiger partial charge in [-0.1, -0.05) is 12.1 Å². The maximum atomic E-state index is 8.81. The lowest BCUT2D eigenvalue weighted by molar-refractivity contribution is 0.120. The molecule has 2 rings (SSSR count). The molecule has 0 aliphatic heterocycles. The van der Waals surface area contributed by atoms with Crippen LogP contribution in [0.5, 0.6) is 5.75 Å². The van der Waals surface area contributed by atoms with E-state index in [0.717, 1.165) is 11.3 Å². The molecule has 14 heavy (non-hydrogen) atoms. The number of benzene rings is 1. The van der Waals surface area contributed by atoms with Crippen LogP contribution < -0.4 is 4.74 Å². The topological polar surface area (TPSA) is 29.5 Å². The number of ether oxygens (including phenoxy) is 1. The van der Waals surface area contributed by atoms with Gasteiger partial charge in [0, 0.05) is 6.61 Å². The zero-order chi connectivity index (χ0) is 9.80. The van der Waals surface area contributed by atoms with Crippen LogP contribution in [0, 0.1) is 0 Å². The van der Waals surface area contributed by atoms with Crippen molar-refractivity contribution in [2.24, 2.45) is 0 Å². The summed E-state index contributed by atoms with van der Waals surface area (Å²) in [5.41, 5.74) is 1.14. The summed E-state index contributed by atoms with van der Waals surface area (Å²) in [7, 11) is 0. The Hall–Kier alpha value is -1.02. The number of hydrogen-bond donors (Lipinski definition) is 1. The molecule has 0 heterocycles. The van der Waals surface area contributed by atoms with Crippen LogP contribution in [0.4, 0.5) is 0 Å². The summed E-state index contributed by atoms with van der Waals surface area (Å²) in [6.07, 6.45) is 4.80. The monoisotopic (exact) mass is 192 g/mol. The highest BCUT2D eigenvalue weighted by atomic mass is 16.5. The first kappa shape index (κ1) is 9.53. The van der Waals surface area contributed by atoms with E-state index >= 15 is 0 Å². The molecule has 1 N–H and O–H groups in total. The lowest BCUT2D eigenvalue weighted by Gasteiger charge is -2.26. The highest BCUT2D eigenvalue weighted by Gasteiger charge is 2.18. The van der Waals surface area contributed by atoms with Gasteiger partial charge < -0.3 is 9.84 Å². The van der Waals surface area contributed by atoms with Gasteiger partial charge in [-0.25, -0.2) is 0 Å². The van der Waals surface area contributed by atoms with E-state index in [0.29, 0.717) is 12.5 Å². The van der Waals surface area contributed by atoms with Crippen LogP contribution in [0.1, 0.15) is 24.8 Å². The minimum atomic E-state index is 0.201. The van der Waals surface area contributed by atoms with Gasteiger partial charge in [-0.05, 0) is 43.4 Å². The predicted octanol–water partition coefficient (Wildman–Crippen LogP) is 2.15. The third-order valence-corrected chi connectivity index (χ3v) is 2.65. The molecule has 0 spiro atoms. The van der Waals surface area contributed by atoms with Crippen molar-refractivity contribution in [2.45, 2.75) is 31.8 Å². The zero-order valence-corrected chi connectivity index (χ0v) is 8.28. The van der Waals surface area contributed by atoms with E-state index in [1.165, 1.54) is 19.3 Å². The van der Waals surface area contributed by atoms with Gasteiger partial charge in [0.05, 0.1) is 6.10 Å². The van der Waals surface area contributed by atoms with E-state index in [2.05, 4.69) is 0 Å². The molecule has 0 atom stereocenters. The van der Waals surface area contributed by atoms with Gasteiger partial charge in [0.15, 0.2) is 0 Å². The van der Waals surface area contributed by atoms with Crippen LogP contribution >= 0.6 is 0 Å². The fourth-order valence-corrected chi connectivity index (χ4v) is 1.58. The van der Waals surface area contributed by atoms with E-state index in [1.807, 2.05) is 24.3 Å². The van der Waals surface area contributed by atoms with Gasteiger partial charge in [0.25, 0.3) is 0 Å². The second-order valence-electron chi connectivity index (χ2n) is 3.79. The molecule has 1 aromatic carbocycles. The molecule has 1 saturated carbocycles. The molecule has 2 heteroatoms. The quantitative estimate of drug-likeness (QED) is 0.792. The van der Waals surface area contributed by atoms with Crippen LogP contribution in [-0.2, 0) is 6.42 Å². The first-order chi connectivity index (χ1) is 6.88. The normalized spacial score (nSPS) is 16.4. The van der Waals surface area contributed by atoms with Crippen molar-refractivity contribution in [3.8, 4) is 5.75 Å². The Morgan fingerprint density at radius 2 is 2.21 bits per heavy atom. The molecule has 0 aromatic heterocycles. The molecule has 1 fully saturated rings. The molecule has 76 valence electrons. The highest BCUT2D eigenvalue weighted by Crippen LogP contribution is 2.25. The van der Waals surface area contributed by atoms with Crippen molar-refractivity contribution >= 4 is 0 Å². The first-order valence-electron chi connectivity index (χ1n) is 5.25. The Morgan fingerprint density at radius 3 is 2.86 bits per heavy atom. The maximum absolute atomic E-state index is 8.81. The number of aliphatic hydroxyl groups is 1. The minimum Gasteiger partial charge on any atom is -0.490 e. The average Bonchev–Trinajstić information content (AvgIpc) is 2.13. The largest absolute Gasteiger partial charge is 0.490 e. The van der Waals surface area contributed by atoms with E-state index in [4.69, 9.17) is 9.84 Å². The standard InChI is InChI=1S/C12H16O2/c13-8-7-10-3-1-6-12(9-10)14-11-4-2-5-11/h1,3,6,9,11,13H,2,4-5,7-8H2. The van der Waals surface area contributed by atoms with Crippen molar-refractivity contribution < 1.29 is 9.84 Å². The molecular formula is C12H16O2. The highest BCUT2D eigenvalue weighted by molar-refractivity contribution is 5.28. The summed E-state index contributed by atoms with van der Waals surface area (Å²) in [6.45, 7) is 0.201. The lowest BCUT2D eigenvalue weighted by atomic mass is 9.96. The molecule has 0 unspecified atom stereocenters. The van der Waals surface area contributed by atoms with Gasteiger partial charge in [0.1, 0.15) is 5.75 Å². The van der Waals surface area contributed by atoms with Crippen molar-refractivity contribution in [1.82, 2.24) is 0 Å². The number of aliphatic hydroxyl groups excluding tert-OH is 1. The summed E-state index contributed by atoms with van der Waals surface area (Å²) in [6, 6.07) is 8.01. The molecule has 1 aliphatic rings. The Kier molecular flexibility index (Phi) is 3.04. The fraction of sp³-hybridized carbons (Fsp3) is 0.500. The van der Waals surface area contributed by atoms with E-state index < -0.39 is 0 Å². The second kappa shape index (κ2) is 4.47. The summed E-state index contributed by atoms with van der Waals surface area (Å²) < 4.78 is 5.76. The molecule has 0 bridgehead atoms. The first-order valence-corrected chi connectivity index (χ1v) is 5.25. The Morgan fingerprint density at radius 1 is 1.36 bits per heavy atom. The molecule has 2 nitrogen and oxygen atoms in total. The smallest absolute Gasteiger partial charge is 0.119 e. The Labute approximate surface area is 84.5 Å². The Balaban J connectivity index is 1.97. The minimum absolute atomic E-state index is 0.201. The predicted molar refractivity (Wildman–Crippen MR) is 55.5 cm³/mol. The third-order valence-electron chi connectivity index (χ3n) is 2.65. The SMILES string of the molecule is OCCc1cccc(OC2CCC2)c1. The van der Waals surface area contributed by atoms with Crippen LogP contribution in [0.15, 0.2) is 24.3 Å².